The van der Waals surface area contributed by atoms with Crippen LogP contribution in [0.2, 0.25) is 0 Å². The molecule has 0 amide bonds. The lowest BCUT2D eigenvalue weighted by Gasteiger charge is -2.03. The van der Waals surface area contributed by atoms with Gasteiger partial charge in [-0.25, -0.2) is 9.67 Å². The Hall–Kier alpha value is -1.76. The van der Waals surface area contributed by atoms with Crippen molar-refractivity contribution < 1.29 is 4.52 Å². The largest absolute Gasteiger partial charge is 0.340 e. The first-order chi connectivity index (χ1) is 8.29. The lowest BCUT2D eigenvalue weighted by atomic mass is 10.4. The van der Waals surface area contributed by atoms with Gasteiger partial charge in [0.05, 0.1) is 6.54 Å². The molecule has 0 saturated heterocycles. The van der Waals surface area contributed by atoms with Crippen LogP contribution in [-0.4, -0.2) is 31.4 Å². The molecule has 0 aliphatic carbocycles. The van der Waals surface area contributed by atoms with E-state index in [-0.39, 0.29) is 0 Å². The second-order valence-corrected chi connectivity index (χ2v) is 3.65. The highest BCUT2D eigenvalue weighted by atomic mass is 16.5. The fraction of sp³-hybridized carbons (Fsp3) is 0.600. The average Bonchev–Trinajstić information content (AvgIpc) is 2.93. The minimum atomic E-state index is 0.603. The molecule has 2 heterocycles. The highest BCUT2D eigenvalue weighted by Crippen LogP contribution is 1.96. The van der Waals surface area contributed by atoms with Gasteiger partial charge in [-0.3, -0.25) is 0 Å². The lowest BCUT2D eigenvalue weighted by molar-refractivity contribution is 0.387. The normalized spacial score (nSPS) is 10.9. The summed E-state index contributed by atoms with van der Waals surface area (Å²) < 4.78 is 6.76. The summed E-state index contributed by atoms with van der Waals surface area (Å²) in [6, 6.07) is 0. The molecule has 17 heavy (non-hydrogen) atoms. The van der Waals surface area contributed by atoms with Gasteiger partial charge in [0.2, 0.25) is 5.89 Å². The lowest BCUT2D eigenvalue weighted by Crippen LogP contribution is -2.20. The molecule has 7 nitrogen and oxygen atoms in total. The van der Waals surface area contributed by atoms with Crippen LogP contribution in [0.15, 0.2) is 10.9 Å². The van der Waals surface area contributed by atoms with E-state index in [0.29, 0.717) is 12.4 Å². The summed E-state index contributed by atoms with van der Waals surface area (Å²) in [4.78, 5) is 8.30. The van der Waals surface area contributed by atoms with E-state index in [1.807, 2.05) is 11.6 Å². The average molecular weight is 236 g/mol. The molecule has 0 aliphatic rings. The molecule has 2 rings (SSSR count). The Kier molecular flexibility index (Phi) is 3.81. The van der Waals surface area contributed by atoms with Crippen molar-refractivity contribution in [1.29, 1.82) is 0 Å². The van der Waals surface area contributed by atoms with E-state index in [0.717, 1.165) is 31.2 Å². The zero-order valence-electron chi connectivity index (χ0n) is 10.1. The van der Waals surface area contributed by atoms with Gasteiger partial charge in [-0.2, -0.15) is 10.1 Å². The second-order valence-electron chi connectivity index (χ2n) is 3.65. The van der Waals surface area contributed by atoms with Crippen LogP contribution in [-0.2, 0) is 19.5 Å². The summed E-state index contributed by atoms with van der Waals surface area (Å²) >= 11 is 0. The molecule has 0 radical (unpaired) electrons. The van der Waals surface area contributed by atoms with Crippen molar-refractivity contribution in [2.75, 3.05) is 6.54 Å². The van der Waals surface area contributed by atoms with Crippen molar-refractivity contribution >= 4 is 0 Å². The maximum absolute atomic E-state index is 4.89. The maximum atomic E-state index is 4.89. The zero-order chi connectivity index (χ0) is 12.1. The molecule has 2 aromatic rings. The van der Waals surface area contributed by atoms with E-state index in [1.165, 1.54) is 0 Å². The fourth-order valence-corrected chi connectivity index (χ4v) is 1.53. The van der Waals surface area contributed by atoms with Crippen LogP contribution in [0.4, 0.5) is 0 Å². The zero-order valence-corrected chi connectivity index (χ0v) is 10.1. The number of nitrogens with zero attached hydrogens (tertiary/aromatic N) is 5. The van der Waals surface area contributed by atoms with Gasteiger partial charge < -0.3 is 9.84 Å². The Balaban J connectivity index is 1.73. The van der Waals surface area contributed by atoms with Crippen molar-refractivity contribution in [2.24, 2.45) is 0 Å². The van der Waals surface area contributed by atoms with E-state index >= 15 is 0 Å². The first-order valence-corrected chi connectivity index (χ1v) is 5.66. The standard InChI is InChI=1S/C10H16N6O/c1-3-16-10(12-7-13-16)6-11-5-4-9-14-8(2)17-15-9/h7,11H,3-6H2,1-2H3. The molecule has 0 aromatic carbocycles. The Morgan fingerprint density at radius 2 is 2.35 bits per heavy atom. The highest BCUT2D eigenvalue weighted by Gasteiger charge is 2.03. The highest BCUT2D eigenvalue weighted by molar-refractivity contribution is 4.86. The van der Waals surface area contributed by atoms with Crippen LogP contribution < -0.4 is 5.32 Å². The van der Waals surface area contributed by atoms with Crippen LogP contribution in [0.1, 0.15) is 24.5 Å². The number of rotatable bonds is 6. The predicted molar refractivity (Wildman–Crippen MR) is 60.1 cm³/mol. The summed E-state index contributed by atoms with van der Waals surface area (Å²) in [6.07, 6.45) is 2.32. The Morgan fingerprint density at radius 1 is 1.47 bits per heavy atom. The summed E-state index contributed by atoms with van der Waals surface area (Å²) in [7, 11) is 0. The maximum Gasteiger partial charge on any atom is 0.223 e. The van der Waals surface area contributed by atoms with Crippen LogP contribution in [0.3, 0.4) is 0 Å². The molecule has 0 aliphatic heterocycles. The quantitative estimate of drug-likeness (QED) is 0.727. The van der Waals surface area contributed by atoms with E-state index in [1.54, 1.807) is 13.3 Å². The molecule has 0 spiro atoms. The fourth-order valence-electron chi connectivity index (χ4n) is 1.53. The van der Waals surface area contributed by atoms with Gasteiger partial charge in [-0.15, -0.1) is 0 Å². The van der Waals surface area contributed by atoms with Gasteiger partial charge >= 0.3 is 0 Å². The van der Waals surface area contributed by atoms with Crippen molar-refractivity contribution in [3.8, 4) is 0 Å². The van der Waals surface area contributed by atoms with E-state index in [9.17, 15) is 0 Å². The summed E-state index contributed by atoms with van der Waals surface area (Å²) in [6.45, 7) is 6.15. The van der Waals surface area contributed by atoms with Crippen molar-refractivity contribution in [3.63, 3.8) is 0 Å². The van der Waals surface area contributed by atoms with Crippen LogP contribution in [0, 0.1) is 6.92 Å². The molecular formula is C10H16N6O. The van der Waals surface area contributed by atoms with Gasteiger partial charge in [-0.1, -0.05) is 5.16 Å². The Bertz CT molecular complexity index is 463. The van der Waals surface area contributed by atoms with Crippen molar-refractivity contribution in [3.05, 3.63) is 23.9 Å². The number of aryl methyl sites for hydroxylation is 2. The third kappa shape index (κ3) is 3.10. The van der Waals surface area contributed by atoms with Crippen LogP contribution in [0.5, 0.6) is 0 Å². The molecule has 1 N–H and O–H groups in total. The van der Waals surface area contributed by atoms with E-state index in [2.05, 4.69) is 25.5 Å². The number of nitrogens with one attached hydrogen (secondary N) is 1. The summed E-state index contributed by atoms with van der Waals surface area (Å²) in [5, 5.41) is 11.2. The topological polar surface area (TPSA) is 81.7 Å². The molecule has 0 unspecified atom stereocenters. The number of hydrogen-bond donors (Lipinski definition) is 1. The minimum absolute atomic E-state index is 0.603. The van der Waals surface area contributed by atoms with Gasteiger partial charge in [0.25, 0.3) is 0 Å². The monoisotopic (exact) mass is 236 g/mol. The third-order valence-electron chi connectivity index (χ3n) is 2.37. The molecule has 7 heteroatoms. The molecule has 0 saturated carbocycles. The van der Waals surface area contributed by atoms with E-state index in [4.69, 9.17) is 4.52 Å². The first-order valence-electron chi connectivity index (χ1n) is 5.66. The van der Waals surface area contributed by atoms with Gasteiger partial charge in [0.1, 0.15) is 12.2 Å². The van der Waals surface area contributed by atoms with Crippen LogP contribution >= 0.6 is 0 Å². The Morgan fingerprint density at radius 3 is 3.06 bits per heavy atom. The molecule has 0 fully saturated rings. The molecule has 0 atom stereocenters. The second kappa shape index (κ2) is 5.53. The number of aromatic nitrogens is 5. The first kappa shape index (κ1) is 11.7. The molecule has 2 aromatic heterocycles. The Labute approximate surface area is 99.2 Å². The summed E-state index contributed by atoms with van der Waals surface area (Å²) in [5.41, 5.74) is 0. The molecule has 92 valence electrons. The van der Waals surface area contributed by atoms with Crippen LogP contribution in [0.25, 0.3) is 0 Å². The van der Waals surface area contributed by atoms with E-state index < -0.39 is 0 Å². The minimum Gasteiger partial charge on any atom is -0.340 e. The summed E-state index contributed by atoms with van der Waals surface area (Å²) in [5.74, 6) is 2.27. The van der Waals surface area contributed by atoms with Crippen molar-refractivity contribution in [2.45, 2.75) is 33.4 Å². The molecular weight excluding hydrogens is 220 g/mol. The van der Waals surface area contributed by atoms with Gasteiger partial charge in [-0.05, 0) is 6.92 Å². The smallest absolute Gasteiger partial charge is 0.223 e. The number of hydrogen-bond acceptors (Lipinski definition) is 6. The molecule has 0 bridgehead atoms. The SMILES string of the molecule is CCn1ncnc1CNCCc1noc(C)n1. The van der Waals surface area contributed by atoms with Gasteiger partial charge in [0, 0.05) is 26.4 Å². The third-order valence-corrected chi connectivity index (χ3v) is 2.37. The van der Waals surface area contributed by atoms with Gasteiger partial charge in [0.15, 0.2) is 5.82 Å². The predicted octanol–water partition coefficient (Wildman–Crippen LogP) is 0.322. The van der Waals surface area contributed by atoms with Crippen molar-refractivity contribution in [1.82, 2.24) is 30.2 Å².